The number of ether oxygens (including phenoxy) is 1. The van der Waals surface area contributed by atoms with Gasteiger partial charge in [0.05, 0.1) is 5.56 Å². The summed E-state index contributed by atoms with van der Waals surface area (Å²) in [7, 11) is 0. The van der Waals surface area contributed by atoms with Crippen LogP contribution in [0.5, 0.6) is 5.75 Å². The van der Waals surface area contributed by atoms with Crippen molar-refractivity contribution in [2.75, 3.05) is 0 Å². The number of amides is 1. The fraction of sp³-hybridized carbons (Fsp3) is 0.467. The molecule has 110 valence electrons. The van der Waals surface area contributed by atoms with Crippen molar-refractivity contribution in [1.82, 2.24) is 5.32 Å². The van der Waals surface area contributed by atoms with Crippen LogP contribution < -0.4 is 10.1 Å². The third kappa shape index (κ3) is 4.63. The normalized spacial score (nSPS) is 12.7. The smallest absolute Gasteiger partial charge is 0.261 e. The largest absolute Gasteiger partial charge is 0.480 e. The van der Waals surface area contributed by atoms with Gasteiger partial charge in [0.25, 0.3) is 5.91 Å². The van der Waals surface area contributed by atoms with E-state index in [1.54, 1.807) is 13.0 Å². The maximum Gasteiger partial charge on any atom is 0.261 e. The quantitative estimate of drug-likeness (QED) is 0.855. The Bertz CT molecular complexity index is 521. The van der Waals surface area contributed by atoms with Crippen LogP contribution in [0.15, 0.2) is 16.6 Å². The summed E-state index contributed by atoms with van der Waals surface area (Å²) in [4.78, 5) is 23.1. The average Bonchev–Trinajstić information content (AvgIpc) is 2.29. The van der Waals surface area contributed by atoms with Crippen molar-refractivity contribution in [2.24, 2.45) is 0 Å². The lowest BCUT2D eigenvalue weighted by Crippen LogP contribution is -2.46. The van der Waals surface area contributed by atoms with Gasteiger partial charge in [-0.1, -0.05) is 15.9 Å². The van der Waals surface area contributed by atoms with E-state index in [-0.39, 0.29) is 11.4 Å². The lowest BCUT2D eigenvalue weighted by molar-refractivity contribution is -0.128. The first kappa shape index (κ1) is 16.7. The minimum atomic E-state index is -0.673. The van der Waals surface area contributed by atoms with Crippen LogP contribution in [0.3, 0.4) is 0 Å². The molecule has 0 aliphatic rings. The fourth-order valence-electron chi connectivity index (χ4n) is 1.71. The molecule has 1 N–H and O–H groups in total. The molecule has 1 atom stereocenters. The Morgan fingerprint density at radius 2 is 2.00 bits per heavy atom. The van der Waals surface area contributed by atoms with Crippen LogP contribution in [-0.4, -0.2) is 23.8 Å². The molecule has 0 saturated carbocycles. The van der Waals surface area contributed by atoms with Gasteiger partial charge in [0.2, 0.25) is 0 Å². The van der Waals surface area contributed by atoms with Gasteiger partial charge in [-0.05, 0) is 52.3 Å². The van der Waals surface area contributed by atoms with E-state index >= 15 is 0 Å². The summed E-state index contributed by atoms with van der Waals surface area (Å²) in [5.41, 5.74) is 0.904. The molecular weight excluding hydrogens is 322 g/mol. The highest BCUT2D eigenvalue weighted by Gasteiger charge is 2.22. The number of carbonyl (C=O) groups excluding carboxylic acids is 2. The molecule has 0 spiro atoms. The maximum atomic E-state index is 12.0. The lowest BCUT2D eigenvalue weighted by atomic mass is 10.1. The Morgan fingerprint density at radius 1 is 1.40 bits per heavy atom. The molecule has 1 aromatic rings. The first-order valence-corrected chi connectivity index (χ1v) is 7.17. The van der Waals surface area contributed by atoms with E-state index in [2.05, 4.69) is 21.2 Å². The SMILES string of the molecule is Cc1cc(Br)cc(C=O)c1OC(C)C(=O)NC(C)(C)C. The molecule has 0 heterocycles. The average molecular weight is 342 g/mol. The Balaban J connectivity index is 2.93. The second kappa shape index (κ2) is 6.39. The van der Waals surface area contributed by atoms with Gasteiger partial charge in [0.1, 0.15) is 5.75 Å². The summed E-state index contributed by atoms with van der Waals surface area (Å²) in [5.74, 6) is 0.233. The van der Waals surface area contributed by atoms with E-state index in [4.69, 9.17) is 4.74 Å². The van der Waals surface area contributed by atoms with E-state index in [0.29, 0.717) is 11.3 Å². The molecule has 1 aromatic carbocycles. The zero-order chi connectivity index (χ0) is 15.5. The highest BCUT2D eigenvalue weighted by Crippen LogP contribution is 2.27. The third-order valence-corrected chi connectivity index (χ3v) is 3.01. The van der Waals surface area contributed by atoms with E-state index in [0.717, 1.165) is 16.3 Å². The van der Waals surface area contributed by atoms with Crippen LogP contribution in [0.4, 0.5) is 0 Å². The summed E-state index contributed by atoms with van der Waals surface area (Å²) in [5, 5.41) is 2.85. The molecule has 1 unspecified atom stereocenters. The molecule has 4 nitrogen and oxygen atoms in total. The number of aryl methyl sites for hydroxylation is 1. The fourth-order valence-corrected chi connectivity index (χ4v) is 2.30. The number of hydrogen-bond donors (Lipinski definition) is 1. The molecule has 0 aromatic heterocycles. The van der Waals surface area contributed by atoms with Crippen LogP contribution in [0.1, 0.15) is 43.6 Å². The minimum absolute atomic E-state index is 0.211. The van der Waals surface area contributed by atoms with Crippen LogP contribution >= 0.6 is 15.9 Å². The zero-order valence-corrected chi connectivity index (χ0v) is 14.0. The molecule has 20 heavy (non-hydrogen) atoms. The van der Waals surface area contributed by atoms with Crippen molar-refractivity contribution in [1.29, 1.82) is 0 Å². The topological polar surface area (TPSA) is 55.4 Å². The third-order valence-electron chi connectivity index (χ3n) is 2.56. The van der Waals surface area contributed by atoms with Crippen molar-refractivity contribution in [3.8, 4) is 5.75 Å². The van der Waals surface area contributed by atoms with Gasteiger partial charge in [-0.25, -0.2) is 0 Å². The lowest BCUT2D eigenvalue weighted by Gasteiger charge is -2.24. The van der Waals surface area contributed by atoms with Gasteiger partial charge in [-0.3, -0.25) is 9.59 Å². The number of nitrogens with one attached hydrogen (secondary N) is 1. The highest BCUT2D eigenvalue weighted by molar-refractivity contribution is 9.10. The molecule has 0 aliphatic heterocycles. The molecule has 0 saturated heterocycles. The first-order valence-electron chi connectivity index (χ1n) is 6.38. The summed E-state index contributed by atoms with van der Waals surface area (Å²) in [6.07, 6.45) is 0.0504. The van der Waals surface area contributed by atoms with Crippen molar-refractivity contribution >= 4 is 28.1 Å². The molecule has 0 fully saturated rings. The summed E-state index contributed by atoms with van der Waals surface area (Å²) >= 11 is 3.33. The second-order valence-electron chi connectivity index (χ2n) is 5.76. The Hall–Kier alpha value is -1.36. The van der Waals surface area contributed by atoms with Gasteiger partial charge < -0.3 is 10.1 Å². The number of benzene rings is 1. The van der Waals surface area contributed by atoms with Crippen molar-refractivity contribution in [3.05, 3.63) is 27.7 Å². The van der Waals surface area contributed by atoms with Crippen molar-refractivity contribution in [2.45, 2.75) is 46.3 Å². The van der Waals surface area contributed by atoms with Gasteiger partial charge in [0.15, 0.2) is 12.4 Å². The van der Waals surface area contributed by atoms with Crippen LogP contribution in [0.25, 0.3) is 0 Å². The minimum Gasteiger partial charge on any atom is -0.480 e. The Kier molecular flexibility index (Phi) is 5.34. The number of aldehydes is 1. The molecule has 1 rings (SSSR count). The van der Waals surface area contributed by atoms with Crippen molar-refractivity contribution in [3.63, 3.8) is 0 Å². The molecule has 5 heteroatoms. The number of halogens is 1. The molecule has 0 radical (unpaired) electrons. The van der Waals surface area contributed by atoms with Gasteiger partial charge >= 0.3 is 0 Å². The molecule has 0 aliphatic carbocycles. The van der Waals surface area contributed by atoms with Crippen LogP contribution in [-0.2, 0) is 4.79 Å². The van der Waals surface area contributed by atoms with Crippen molar-refractivity contribution < 1.29 is 14.3 Å². The van der Waals surface area contributed by atoms with Crippen LogP contribution in [0, 0.1) is 6.92 Å². The Labute approximate surface area is 128 Å². The van der Waals surface area contributed by atoms with Gasteiger partial charge in [0, 0.05) is 10.0 Å². The van der Waals surface area contributed by atoms with E-state index in [1.165, 1.54) is 0 Å². The standard InChI is InChI=1S/C15H20BrNO3/c1-9-6-12(16)7-11(8-18)13(9)20-10(2)14(19)17-15(3,4)5/h6-8,10H,1-5H3,(H,17,19). The second-order valence-corrected chi connectivity index (χ2v) is 6.67. The monoisotopic (exact) mass is 341 g/mol. The van der Waals surface area contributed by atoms with Gasteiger partial charge in [-0.2, -0.15) is 0 Å². The first-order chi connectivity index (χ1) is 9.14. The zero-order valence-electron chi connectivity index (χ0n) is 12.4. The van der Waals surface area contributed by atoms with E-state index in [1.807, 2.05) is 33.8 Å². The molecule has 0 bridgehead atoms. The summed E-state index contributed by atoms with van der Waals surface area (Å²) in [6.45, 7) is 9.21. The maximum absolute atomic E-state index is 12.0. The van der Waals surface area contributed by atoms with Gasteiger partial charge in [-0.15, -0.1) is 0 Å². The molecular formula is C15H20BrNO3. The Morgan fingerprint density at radius 3 is 2.50 bits per heavy atom. The summed E-state index contributed by atoms with van der Waals surface area (Å²) in [6, 6.07) is 3.51. The predicted octanol–water partition coefficient (Wildman–Crippen LogP) is 3.25. The predicted molar refractivity (Wildman–Crippen MR) is 82.3 cm³/mol. The molecule has 1 amide bonds. The number of hydrogen-bond acceptors (Lipinski definition) is 3. The van der Waals surface area contributed by atoms with Crippen LogP contribution in [0.2, 0.25) is 0 Å². The van der Waals surface area contributed by atoms with E-state index in [9.17, 15) is 9.59 Å². The number of carbonyl (C=O) groups is 2. The van der Waals surface area contributed by atoms with E-state index < -0.39 is 6.10 Å². The number of rotatable bonds is 4. The highest BCUT2D eigenvalue weighted by atomic mass is 79.9. The summed E-state index contributed by atoms with van der Waals surface area (Å²) < 4.78 is 6.47.